The van der Waals surface area contributed by atoms with Crippen LogP contribution in [0.5, 0.6) is 0 Å². The van der Waals surface area contributed by atoms with E-state index in [1.54, 1.807) is 0 Å². The minimum atomic E-state index is 0.0892. The maximum Gasteiger partial charge on any atom is 0.180 e. The Kier molecular flexibility index (Phi) is 4.14. The van der Waals surface area contributed by atoms with Crippen molar-refractivity contribution in [2.75, 3.05) is 51.2 Å². The topological polar surface area (TPSA) is 26.8 Å². The van der Waals surface area contributed by atoms with Crippen LogP contribution in [0.1, 0.15) is 49.0 Å². The molecular weight excluding hydrogens is 334 g/mol. The number of carbonyl (C=O) groups is 1. The Morgan fingerprint density at radius 2 is 1.85 bits per heavy atom. The van der Waals surface area contributed by atoms with Crippen LogP contribution < -0.4 is 4.90 Å². The molecule has 0 amide bonds. The standard InChI is InChI=1S/C23H33N3O/c1-16-21-22(27)19-7-6-18(25-12-10-24(3)11-13-25)14-20(19)23(16,2)8-9-26(21)15-17-4-5-17/h6-7,14,16-17,21H,4-5,8-13,15H2,1-3H3/t16-,21-,23-/m0/s1. The Hall–Kier alpha value is -1.39. The van der Waals surface area contributed by atoms with Crippen molar-refractivity contribution in [3.63, 3.8) is 0 Å². The third-order valence-electron chi connectivity index (χ3n) is 8.00. The summed E-state index contributed by atoms with van der Waals surface area (Å²) in [5.74, 6) is 1.61. The van der Waals surface area contributed by atoms with Crippen LogP contribution in [0.4, 0.5) is 5.69 Å². The average Bonchev–Trinajstić information content (AvgIpc) is 3.48. The number of nitrogens with zero attached hydrogens (tertiary/aromatic N) is 3. The van der Waals surface area contributed by atoms with Crippen molar-refractivity contribution < 1.29 is 4.79 Å². The van der Waals surface area contributed by atoms with Gasteiger partial charge in [0, 0.05) is 44.0 Å². The molecule has 3 atom stereocenters. The summed E-state index contributed by atoms with van der Waals surface area (Å²) in [6, 6.07) is 6.79. The molecule has 1 aromatic carbocycles. The van der Waals surface area contributed by atoms with E-state index in [1.165, 1.54) is 30.5 Å². The van der Waals surface area contributed by atoms with Gasteiger partial charge in [0.1, 0.15) is 0 Å². The number of likely N-dealkylation sites (N-methyl/N-ethyl adjacent to an activating group) is 1. The fourth-order valence-corrected chi connectivity index (χ4v) is 5.66. The molecular formula is C23H33N3O. The summed E-state index contributed by atoms with van der Waals surface area (Å²) in [7, 11) is 2.20. The molecule has 0 radical (unpaired) electrons. The number of fused-ring (bicyclic) bond motifs is 4. The van der Waals surface area contributed by atoms with Gasteiger partial charge in [-0.3, -0.25) is 9.69 Å². The van der Waals surface area contributed by atoms with Crippen LogP contribution in [0.2, 0.25) is 0 Å². The van der Waals surface area contributed by atoms with Crippen molar-refractivity contribution in [3.05, 3.63) is 29.3 Å². The van der Waals surface area contributed by atoms with Crippen molar-refractivity contribution >= 4 is 11.5 Å². The third kappa shape index (κ3) is 2.84. The predicted molar refractivity (Wildman–Crippen MR) is 110 cm³/mol. The van der Waals surface area contributed by atoms with E-state index in [0.717, 1.165) is 50.7 Å². The molecule has 2 saturated heterocycles. The number of piperazine rings is 1. The highest BCUT2D eigenvalue weighted by Gasteiger charge is 2.53. The van der Waals surface area contributed by atoms with E-state index in [2.05, 4.69) is 53.8 Å². The summed E-state index contributed by atoms with van der Waals surface area (Å²) >= 11 is 0. The SMILES string of the molecule is C[C@H]1[C@H]2C(=O)c3ccc(N4CCN(C)CC4)cc3[C@@]1(C)CCN2CC1CC1. The van der Waals surface area contributed by atoms with Crippen molar-refractivity contribution in [3.8, 4) is 0 Å². The smallest absolute Gasteiger partial charge is 0.180 e. The summed E-state index contributed by atoms with van der Waals surface area (Å²) in [5, 5.41) is 0. The van der Waals surface area contributed by atoms with Gasteiger partial charge in [-0.2, -0.15) is 0 Å². The second-order valence-electron chi connectivity index (χ2n) is 9.72. The molecule has 2 aliphatic carbocycles. The first-order valence-corrected chi connectivity index (χ1v) is 10.8. The van der Waals surface area contributed by atoms with Crippen molar-refractivity contribution in [2.45, 2.75) is 44.6 Å². The van der Waals surface area contributed by atoms with Crippen LogP contribution in [-0.4, -0.2) is 67.9 Å². The van der Waals surface area contributed by atoms with Gasteiger partial charge in [-0.1, -0.05) is 13.8 Å². The van der Waals surface area contributed by atoms with E-state index >= 15 is 0 Å². The number of benzene rings is 1. The second-order valence-corrected chi connectivity index (χ2v) is 9.72. The molecule has 4 nitrogen and oxygen atoms in total. The largest absolute Gasteiger partial charge is 0.369 e. The summed E-state index contributed by atoms with van der Waals surface area (Å²) in [5.41, 5.74) is 3.75. The van der Waals surface area contributed by atoms with Crippen LogP contribution in [-0.2, 0) is 5.41 Å². The summed E-state index contributed by atoms with van der Waals surface area (Å²) in [6.45, 7) is 11.3. The Bertz CT molecular complexity index is 750. The van der Waals surface area contributed by atoms with E-state index in [9.17, 15) is 4.79 Å². The number of anilines is 1. The zero-order chi connectivity index (χ0) is 18.8. The number of Topliss-reactive ketones (excluding diaryl/α,β-unsaturated/α-hetero) is 1. The summed E-state index contributed by atoms with van der Waals surface area (Å²) in [6.07, 6.45) is 3.88. The molecule has 2 bridgehead atoms. The van der Waals surface area contributed by atoms with Crippen LogP contribution in [0.3, 0.4) is 0 Å². The van der Waals surface area contributed by atoms with Crippen molar-refractivity contribution in [2.24, 2.45) is 11.8 Å². The lowest BCUT2D eigenvalue weighted by Crippen LogP contribution is -2.61. The molecule has 146 valence electrons. The molecule has 0 spiro atoms. The molecule has 4 aliphatic rings. The predicted octanol–water partition coefficient (Wildman–Crippen LogP) is 3.01. The van der Waals surface area contributed by atoms with Gasteiger partial charge in [-0.25, -0.2) is 0 Å². The maximum absolute atomic E-state index is 13.5. The zero-order valence-electron chi connectivity index (χ0n) is 17.1. The molecule has 0 unspecified atom stereocenters. The van der Waals surface area contributed by atoms with E-state index in [-0.39, 0.29) is 11.5 Å². The van der Waals surface area contributed by atoms with E-state index < -0.39 is 0 Å². The highest BCUT2D eigenvalue weighted by atomic mass is 16.1. The summed E-state index contributed by atoms with van der Waals surface area (Å²) < 4.78 is 0. The lowest BCUT2D eigenvalue weighted by atomic mass is 9.58. The molecule has 2 heterocycles. The first-order chi connectivity index (χ1) is 13.0. The third-order valence-corrected chi connectivity index (χ3v) is 8.00. The van der Waals surface area contributed by atoms with Gasteiger partial charge in [-0.05, 0) is 73.9 Å². The van der Waals surface area contributed by atoms with Gasteiger partial charge in [-0.15, -0.1) is 0 Å². The Morgan fingerprint density at radius 1 is 1.11 bits per heavy atom. The van der Waals surface area contributed by atoms with Gasteiger partial charge >= 0.3 is 0 Å². The van der Waals surface area contributed by atoms with E-state index in [1.807, 2.05) is 0 Å². The molecule has 27 heavy (non-hydrogen) atoms. The highest BCUT2D eigenvalue weighted by Crippen LogP contribution is 2.50. The maximum atomic E-state index is 13.5. The number of hydrogen-bond donors (Lipinski definition) is 0. The fraction of sp³-hybridized carbons (Fsp3) is 0.696. The second kappa shape index (κ2) is 6.31. The molecule has 2 aliphatic heterocycles. The molecule has 1 aromatic rings. The lowest BCUT2D eigenvalue weighted by Gasteiger charge is -2.54. The first kappa shape index (κ1) is 17.7. The monoisotopic (exact) mass is 367 g/mol. The quantitative estimate of drug-likeness (QED) is 0.821. The van der Waals surface area contributed by atoms with Crippen molar-refractivity contribution in [1.82, 2.24) is 9.80 Å². The normalized spacial score (nSPS) is 34.6. The zero-order valence-corrected chi connectivity index (χ0v) is 17.1. The van der Waals surface area contributed by atoms with E-state index in [0.29, 0.717) is 11.7 Å². The molecule has 5 rings (SSSR count). The number of ketones is 1. The number of piperidine rings is 1. The highest BCUT2D eigenvalue weighted by molar-refractivity contribution is 6.04. The molecule has 3 fully saturated rings. The van der Waals surface area contributed by atoms with Crippen LogP contribution >= 0.6 is 0 Å². The Morgan fingerprint density at radius 3 is 2.56 bits per heavy atom. The van der Waals surface area contributed by atoms with Crippen LogP contribution in [0.15, 0.2) is 18.2 Å². The van der Waals surface area contributed by atoms with Gasteiger partial charge < -0.3 is 9.80 Å². The van der Waals surface area contributed by atoms with Crippen molar-refractivity contribution in [1.29, 1.82) is 0 Å². The number of hydrogen-bond acceptors (Lipinski definition) is 4. The molecule has 4 heteroatoms. The average molecular weight is 368 g/mol. The van der Waals surface area contributed by atoms with Gasteiger partial charge in [0.2, 0.25) is 0 Å². The molecule has 0 aromatic heterocycles. The van der Waals surface area contributed by atoms with Crippen LogP contribution in [0.25, 0.3) is 0 Å². The first-order valence-electron chi connectivity index (χ1n) is 10.8. The Balaban J connectivity index is 1.49. The minimum absolute atomic E-state index is 0.0892. The summed E-state index contributed by atoms with van der Waals surface area (Å²) in [4.78, 5) is 20.9. The molecule has 0 N–H and O–H groups in total. The van der Waals surface area contributed by atoms with Gasteiger partial charge in [0.05, 0.1) is 6.04 Å². The fourth-order valence-electron chi connectivity index (χ4n) is 5.66. The number of likely N-dealkylation sites (tertiary alicyclic amines) is 1. The van der Waals surface area contributed by atoms with Crippen LogP contribution in [0, 0.1) is 11.8 Å². The lowest BCUT2D eigenvalue weighted by molar-refractivity contribution is 0.0266. The van der Waals surface area contributed by atoms with E-state index in [4.69, 9.17) is 0 Å². The van der Waals surface area contributed by atoms with Gasteiger partial charge in [0.25, 0.3) is 0 Å². The minimum Gasteiger partial charge on any atom is -0.369 e. The number of carbonyl (C=O) groups excluding carboxylic acids is 1. The molecule has 1 saturated carbocycles. The number of rotatable bonds is 3. The Labute approximate surface area is 163 Å². The van der Waals surface area contributed by atoms with Gasteiger partial charge in [0.15, 0.2) is 5.78 Å².